The summed E-state index contributed by atoms with van der Waals surface area (Å²) in [5.74, 6) is 0. The highest BCUT2D eigenvalue weighted by Crippen LogP contribution is 2.27. The Labute approximate surface area is 119 Å². The number of benzene rings is 2. The highest BCUT2D eigenvalue weighted by Gasteiger charge is 2.06. The van der Waals surface area contributed by atoms with Crippen molar-refractivity contribution in [1.29, 1.82) is 0 Å². The van der Waals surface area contributed by atoms with Crippen LogP contribution in [0.2, 0.25) is 0 Å². The van der Waals surface area contributed by atoms with Crippen LogP contribution in [0.5, 0.6) is 0 Å². The Balaban J connectivity index is 2.16. The first kappa shape index (κ1) is 12.8. The van der Waals surface area contributed by atoms with Crippen LogP contribution in [0.4, 0.5) is 0 Å². The van der Waals surface area contributed by atoms with E-state index in [1.807, 2.05) is 19.3 Å². The predicted octanol–water partition coefficient (Wildman–Crippen LogP) is 3.93. The standard InChI is InChI=1S/C18H18N2/c1-13-5-6-16(12-19-2)17(10-13)14-7-8-18-15(11-14)4-3-9-20-18/h3-11,19H,12H2,1-2H3. The van der Waals surface area contributed by atoms with Gasteiger partial charge in [-0.3, -0.25) is 4.98 Å². The Morgan fingerprint density at radius 2 is 1.95 bits per heavy atom. The molecule has 0 atom stereocenters. The average molecular weight is 262 g/mol. The molecule has 100 valence electrons. The second-order valence-corrected chi connectivity index (χ2v) is 5.10. The van der Waals surface area contributed by atoms with E-state index in [-0.39, 0.29) is 0 Å². The maximum absolute atomic E-state index is 4.38. The number of aryl methyl sites for hydroxylation is 1. The van der Waals surface area contributed by atoms with Gasteiger partial charge < -0.3 is 5.32 Å². The summed E-state index contributed by atoms with van der Waals surface area (Å²) in [6.45, 7) is 3.01. The molecule has 0 saturated carbocycles. The molecule has 3 rings (SSSR count). The zero-order valence-corrected chi connectivity index (χ0v) is 11.9. The van der Waals surface area contributed by atoms with Crippen LogP contribution in [0.25, 0.3) is 22.0 Å². The third-order valence-electron chi connectivity index (χ3n) is 3.55. The van der Waals surface area contributed by atoms with Gasteiger partial charge in [-0.2, -0.15) is 0 Å². The zero-order valence-electron chi connectivity index (χ0n) is 11.9. The van der Waals surface area contributed by atoms with E-state index in [0.29, 0.717) is 0 Å². The third kappa shape index (κ3) is 2.43. The summed E-state index contributed by atoms with van der Waals surface area (Å²) in [5.41, 5.74) is 6.19. The van der Waals surface area contributed by atoms with Crippen LogP contribution >= 0.6 is 0 Å². The second-order valence-electron chi connectivity index (χ2n) is 5.10. The van der Waals surface area contributed by atoms with Gasteiger partial charge in [0.15, 0.2) is 0 Å². The summed E-state index contributed by atoms with van der Waals surface area (Å²) in [6.07, 6.45) is 1.83. The van der Waals surface area contributed by atoms with Crippen molar-refractivity contribution in [3.63, 3.8) is 0 Å². The lowest BCUT2D eigenvalue weighted by Crippen LogP contribution is -2.06. The zero-order chi connectivity index (χ0) is 13.9. The fraction of sp³-hybridized carbons (Fsp3) is 0.167. The summed E-state index contributed by atoms with van der Waals surface area (Å²) in [7, 11) is 1.98. The van der Waals surface area contributed by atoms with E-state index < -0.39 is 0 Å². The van der Waals surface area contributed by atoms with Gasteiger partial charge in [0, 0.05) is 18.1 Å². The van der Waals surface area contributed by atoms with Crippen LogP contribution < -0.4 is 5.32 Å². The van der Waals surface area contributed by atoms with E-state index in [9.17, 15) is 0 Å². The monoisotopic (exact) mass is 262 g/mol. The van der Waals surface area contributed by atoms with Gasteiger partial charge in [-0.25, -0.2) is 0 Å². The van der Waals surface area contributed by atoms with E-state index in [2.05, 4.69) is 59.7 Å². The van der Waals surface area contributed by atoms with Gasteiger partial charge in [-0.1, -0.05) is 35.9 Å². The van der Waals surface area contributed by atoms with Crippen molar-refractivity contribution in [3.8, 4) is 11.1 Å². The first-order chi connectivity index (χ1) is 9.78. The second kappa shape index (κ2) is 5.43. The van der Waals surface area contributed by atoms with Crippen LogP contribution in [-0.4, -0.2) is 12.0 Å². The largest absolute Gasteiger partial charge is 0.316 e. The number of rotatable bonds is 3. The number of nitrogens with zero attached hydrogens (tertiary/aromatic N) is 1. The van der Waals surface area contributed by atoms with E-state index >= 15 is 0 Å². The van der Waals surface area contributed by atoms with Gasteiger partial charge >= 0.3 is 0 Å². The van der Waals surface area contributed by atoms with Crippen molar-refractivity contribution in [2.75, 3.05) is 7.05 Å². The Morgan fingerprint density at radius 1 is 1.05 bits per heavy atom. The number of hydrogen-bond donors (Lipinski definition) is 1. The molecule has 0 saturated heterocycles. The molecule has 0 amide bonds. The minimum atomic E-state index is 0.876. The Hall–Kier alpha value is -2.19. The highest BCUT2D eigenvalue weighted by atomic mass is 14.8. The smallest absolute Gasteiger partial charge is 0.0702 e. The maximum Gasteiger partial charge on any atom is 0.0702 e. The van der Waals surface area contributed by atoms with Gasteiger partial charge in [-0.05, 0) is 48.9 Å². The quantitative estimate of drug-likeness (QED) is 0.773. The Bertz CT molecular complexity index is 747. The number of nitrogens with one attached hydrogen (secondary N) is 1. The first-order valence-corrected chi connectivity index (χ1v) is 6.87. The van der Waals surface area contributed by atoms with E-state index in [1.165, 1.54) is 27.6 Å². The topological polar surface area (TPSA) is 24.9 Å². The molecule has 0 unspecified atom stereocenters. The molecular formula is C18H18N2. The van der Waals surface area contributed by atoms with Gasteiger partial charge in [-0.15, -0.1) is 0 Å². The summed E-state index contributed by atoms with van der Waals surface area (Å²) in [4.78, 5) is 4.38. The van der Waals surface area contributed by atoms with Crippen LogP contribution in [0.15, 0.2) is 54.7 Å². The SMILES string of the molecule is CNCc1ccc(C)cc1-c1ccc2ncccc2c1. The van der Waals surface area contributed by atoms with E-state index in [1.54, 1.807) is 0 Å². The lowest BCUT2D eigenvalue weighted by atomic mass is 9.96. The van der Waals surface area contributed by atoms with Gasteiger partial charge in [0.2, 0.25) is 0 Å². The van der Waals surface area contributed by atoms with Crippen molar-refractivity contribution in [2.24, 2.45) is 0 Å². The molecule has 0 spiro atoms. The fourth-order valence-corrected chi connectivity index (χ4v) is 2.55. The summed E-state index contributed by atoms with van der Waals surface area (Å²) in [5, 5.41) is 4.42. The minimum absolute atomic E-state index is 0.876. The summed E-state index contributed by atoms with van der Waals surface area (Å²) < 4.78 is 0. The fourth-order valence-electron chi connectivity index (χ4n) is 2.55. The number of pyridine rings is 1. The van der Waals surface area contributed by atoms with Crippen molar-refractivity contribution >= 4 is 10.9 Å². The van der Waals surface area contributed by atoms with E-state index in [4.69, 9.17) is 0 Å². The van der Waals surface area contributed by atoms with Crippen LogP contribution in [0, 0.1) is 6.92 Å². The summed E-state index contributed by atoms with van der Waals surface area (Å²) >= 11 is 0. The van der Waals surface area contributed by atoms with Crippen molar-refractivity contribution in [1.82, 2.24) is 10.3 Å². The molecule has 1 N–H and O–H groups in total. The van der Waals surface area contributed by atoms with Crippen molar-refractivity contribution < 1.29 is 0 Å². The molecule has 0 radical (unpaired) electrons. The molecule has 0 aliphatic carbocycles. The van der Waals surface area contributed by atoms with Crippen LogP contribution in [-0.2, 0) is 6.54 Å². The van der Waals surface area contributed by atoms with E-state index in [0.717, 1.165) is 12.1 Å². The molecule has 1 aromatic heterocycles. The molecule has 0 aliphatic rings. The normalized spacial score (nSPS) is 10.9. The highest BCUT2D eigenvalue weighted by molar-refractivity contribution is 5.85. The number of fused-ring (bicyclic) bond motifs is 1. The number of aromatic nitrogens is 1. The molecule has 0 bridgehead atoms. The summed E-state index contributed by atoms with van der Waals surface area (Å²) in [6, 6.07) is 17.2. The predicted molar refractivity (Wildman–Crippen MR) is 84.7 cm³/mol. The maximum atomic E-state index is 4.38. The van der Waals surface area contributed by atoms with Gasteiger partial charge in [0.1, 0.15) is 0 Å². The first-order valence-electron chi connectivity index (χ1n) is 6.87. The molecule has 3 aromatic rings. The Kier molecular flexibility index (Phi) is 3.48. The molecule has 0 fully saturated rings. The minimum Gasteiger partial charge on any atom is -0.316 e. The lowest BCUT2D eigenvalue weighted by Gasteiger charge is -2.11. The van der Waals surface area contributed by atoms with Crippen LogP contribution in [0.1, 0.15) is 11.1 Å². The third-order valence-corrected chi connectivity index (χ3v) is 3.55. The molecule has 20 heavy (non-hydrogen) atoms. The average Bonchev–Trinajstić information content (AvgIpc) is 2.49. The van der Waals surface area contributed by atoms with Crippen molar-refractivity contribution in [3.05, 3.63) is 65.9 Å². The molecular weight excluding hydrogens is 244 g/mol. The molecule has 1 heterocycles. The molecule has 2 nitrogen and oxygen atoms in total. The Morgan fingerprint density at radius 3 is 2.80 bits per heavy atom. The van der Waals surface area contributed by atoms with Gasteiger partial charge in [0.25, 0.3) is 0 Å². The molecule has 2 heteroatoms. The van der Waals surface area contributed by atoms with Gasteiger partial charge in [0.05, 0.1) is 5.52 Å². The molecule has 2 aromatic carbocycles. The van der Waals surface area contributed by atoms with Crippen LogP contribution in [0.3, 0.4) is 0 Å². The lowest BCUT2D eigenvalue weighted by molar-refractivity contribution is 0.819. The number of hydrogen-bond acceptors (Lipinski definition) is 2. The molecule has 0 aliphatic heterocycles. The van der Waals surface area contributed by atoms with Crippen molar-refractivity contribution in [2.45, 2.75) is 13.5 Å².